The van der Waals surface area contributed by atoms with Crippen molar-refractivity contribution in [3.8, 4) is 0 Å². The summed E-state index contributed by atoms with van der Waals surface area (Å²) in [5.41, 5.74) is 0.730. The molecule has 0 atom stereocenters. The van der Waals surface area contributed by atoms with Crippen LogP contribution in [0.3, 0.4) is 0 Å². The lowest BCUT2D eigenvalue weighted by Crippen LogP contribution is -2.48. The number of hydrogen-bond acceptors (Lipinski definition) is 4. The van der Waals surface area contributed by atoms with Crippen LogP contribution in [0.25, 0.3) is 10.9 Å². The number of rotatable bonds is 3. The maximum atomic E-state index is 12.1. The second-order valence-corrected chi connectivity index (χ2v) is 5.94. The van der Waals surface area contributed by atoms with E-state index in [0.29, 0.717) is 18.0 Å². The molecule has 0 aliphatic carbocycles. The number of H-pyrrole nitrogens is 1. The van der Waals surface area contributed by atoms with Gasteiger partial charge in [0.15, 0.2) is 0 Å². The van der Waals surface area contributed by atoms with E-state index >= 15 is 0 Å². The molecule has 0 bridgehead atoms. The summed E-state index contributed by atoms with van der Waals surface area (Å²) in [7, 11) is 0. The molecule has 1 N–H and O–H groups in total. The zero-order chi connectivity index (χ0) is 14.8. The van der Waals surface area contributed by atoms with E-state index in [4.69, 9.17) is 0 Å². The Morgan fingerprint density at radius 3 is 2.62 bits per heavy atom. The third-order valence-electron chi connectivity index (χ3n) is 4.17. The van der Waals surface area contributed by atoms with Gasteiger partial charge in [0.1, 0.15) is 5.82 Å². The van der Waals surface area contributed by atoms with Crippen LogP contribution in [-0.4, -0.2) is 52.0 Å². The first-order chi connectivity index (χ1) is 10.1. The summed E-state index contributed by atoms with van der Waals surface area (Å²) in [5.74, 6) is 0.761. The normalized spacial score (nSPS) is 17.7. The van der Waals surface area contributed by atoms with Crippen LogP contribution in [0.4, 0.5) is 0 Å². The van der Waals surface area contributed by atoms with Crippen molar-refractivity contribution < 1.29 is 0 Å². The van der Waals surface area contributed by atoms with Crippen molar-refractivity contribution in [2.45, 2.75) is 26.4 Å². The number of aromatic amines is 1. The van der Waals surface area contributed by atoms with Gasteiger partial charge in [-0.3, -0.25) is 14.6 Å². The smallest absolute Gasteiger partial charge is 0.258 e. The Bertz CT molecular complexity index is 671. The molecule has 1 aromatic heterocycles. The van der Waals surface area contributed by atoms with Gasteiger partial charge in [0.25, 0.3) is 5.56 Å². The summed E-state index contributed by atoms with van der Waals surface area (Å²) in [5, 5.41) is 0.658. The topological polar surface area (TPSA) is 52.2 Å². The molecular weight excluding hydrogens is 264 g/mol. The quantitative estimate of drug-likeness (QED) is 0.928. The number of nitrogens with zero attached hydrogens (tertiary/aromatic N) is 3. The van der Waals surface area contributed by atoms with Gasteiger partial charge in [-0.1, -0.05) is 12.1 Å². The molecule has 21 heavy (non-hydrogen) atoms. The lowest BCUT2D eigenvalue weighted by molar-refractivity contribution is 0.102. The molecule has 0 radical (unpaired) electrons. The largest absolute Gasteiger partial charge is 0.309 e. The third kappa shape index (κ3) is 3.14. The van der Waals surface area contributed by atoms with Crippen molar-refractivity contribution >= 4 is 10.9 Å². The highest BCUT2D eigenvalue weighted by Crippen LogP contribution is 2.10. The molecule has 0 amide bonds. The van der Waals surface area contributed by atoms with Gasteiger partial charge in [-0.25, -0.2) is 4.98 Å². The van der Waals surface area contributed by atoms with Crippen LogP contribution >= 0.6 is 0 Å². The molecule has 0 unspecified atom stereocenters. The Hall–Kier alpha value is -1.72. The Labute approximate surface area is 124 Å². The van der Waals surface area contributed by atoms with Crippen LogP contribution in [0.15, 0.2) is 29.1 Å². The lowest BCUT2D eigenvalue weighted by Gasteiger charge is -2.36. The summed E-state index contributed by atoms with van der Waals surface area (Å²) in [6, 6.07) is 8.09. The standard InChI is InChI=1S/C16H22N4O/c1-12(2)20-9-7-19(8-10-20)11-15-17-14-6-4-3-5-13(14)16(21)18-15/h3-6,12H,7-11H2,1-2H3,(H,17,18,21). The SMILES string of the molecule is CC(C)N1CCN(Cc2nc3ccccc3c(=O)[nH]2)CC1. The van der Waals surface area contributed by atoms with Gasteiger partial charge in [0.2, 0.25) is 0 Å². The fourth-order valence-corrected chi connectivity index (χ4v) is 2.86. The van der Waals surface area contributed by atoms with E-state index in [1.54, 1.807) is 0 Å². The number of benzene rings is 1. The fourth-order valence-electron chi connectivity index (χ4n) is 2.86. The highest BCUT2D eigenvalue weighted by atomic mass is 16.1. The molecule has 5 nitrogen and oxygen atoms in total. The Morgan fingerprint density at radius 1 is 1.19 bits per heavy atom. The maximum Gasteiger partial charge on any atom is 0.258 e. The molecule has 5 heteroatoms. The Balaban J connectivity index is 1.73. The van der Waals surface area contributed by atoms with Crippen molar-refractivity contribution in [1.29, 1.82) is 0 Å². The van der Waals surface area contributed by atoms with E-state index < -0.39 is 0 Å². The highest BCUT2D eigenvalue weighted by Gasteiger charge is 2.19. The molecule has 112 valence electrons. The van der Waals surface area contributed by atoms with Crippen molar-refractivity contribution in [3.05, 3.63) is 40.4 Å². The van der Waals surface area contributed by atoms with Gasteiger partial charge in [0, 0.05) is 32.2 Å². The predicted octanol–water partition coefficient (Wildman–Crippen LogP) is 1.45. The van der Waals surface area contributed by atoms with E-state index in [0.717, 1.165) is 37.5 Å². The number of fused-ring (bicyclic) bond motifs is 1. The monoisotopic (exact) mass is 286 g/mol. The number of nitrogens with one attached hydrogen (secondary N) is 1. The van der Waals surface area contributed by atoms with Crippen molar-refractivity contribution in [3.63, 3.8) is 0 Å². The van der Waals surface area contributed by atoms with E-state index in [1.807, 2.05) is 24.3 Å². The number of aromatic nitrogens is 2. The molecule has 1 aromatic carbocycles. The maximum absolute atomic E-state index is 12.1. The van der Waals surface area contributed by atoms with Crippen LogP contribution in [0.1, 0.15) is 19.7 Å². The van der Waals surface area contributed by atoms with Crippen LogP contribution < -0.4 is 5.56 Å². The zero-order valence-electron chi connectivity index (χ0n) is 12.7. The molecule has 1 saturated heterocycles. The third-order valence-corrected chi connectivity index (χ3v) is 4.17. The van der Waals surface area contributed by atoms with Gasteiger partial charge in [-0.15, -0.1) is 0 Å². The minimum Gasteiger partial charge on any atom is -0.309 e. The van der Waals surface area contributed by atoms with Crippen LogP contribution in [0.2, 0.25) is 0 Å². The molecule has 3 rings (SSSR count). The molecule has 1 aliphatic heterocycles. The van der Waals surface area contributed by atoms with Crippen molar-refractivity contribution in [1.82, 2.24) is 19.8 Å². The minimum atomic E-state index is -0.0450. The van der Waals surface area contributed by atoms with E-state index in [1.165, 1.54) is 0 Å². The Morgan fingerprint density at radius 2 is 1.90 bits per heavy atom. The van der Waals surface area contributed by atoms with Gasteiger partial charge in [-0.2, -0.15) is 0 Å². The fraction of sp³-hybridized carbons (Fsp3) is 0.500. The van der Waals surface area contributed by atoms with Crippen molar-refractivity contribution in [2.24, 2.45) is 0 Å². The van der Waals surface area contributed by atoms with Gasteiger partial charge in [-0.05, 0) is 26.0 Å². The summed E-state index contributed by atoms with van der Waals surface area (Å²) in [4.78, 5) is 24.4. The average molecular weight is 286 g/mol. The molecular formula is C16H22N4O. The highest BCUT2D eigenvalue weighted by molar-refractivity contribution is 5.77. The zero-order valence-corrected chi connectivity index (χ0v) is 12.7. The second-order valence-electron chi connectivity index (χ2n) is 5.94. The molecule has 0 saturated carbocycles. The molecule has 1 aliphatic rings. The average Bonchev–Trinajstić information content (AvgIpc) is 2.48. The second kappa shape index (κ2) is 5.95. The minimum absolute atomic E-state index is 0.0450. The number of piperazine rings is 1. The first-order valence-electron chi connectivity index (χ1n) is 7.58. The number of para-hydroxylation sites is 1. The summed E-state index contributed by atoms with van der Waals surface area (Å²) < 4.78 is 0. The van der Waals surface area contributed by atoms with Gasteiger partial charge < -0.3 is 4.98 Å². The molecule has 2 aromatic rings. The van der Waals surface area contributed by atoms with Gasteiger partial charge >= 0.3 is 0 Å². The van der Waals surface area contributed by atoms with Crippen LogP contribution in [0, 0.1) is 0 Å². The van der Waals surface area contributed by atoms with Crippen LogP contribution in [-0.2, 0) is 6.54 Å². The molecule has 0 spiro atoms. The van der Waals surface area contributed by atoms with Crippen LogP contribution in [0.5, 0.6) is 0 Å². The predicted molar refractivity (Wildman–Crippen MR) is 84.3 cm³/mol. The summed E-state index contributed by atoms with van der Waals surface area (Å²) in [6.45, 7) is 9.39. The molecule has 2 heterocycles. The van der Waals surface area contributed by atoms with Gasteiger partial charge in [0.05, 0.1) is 17.4 Å². The van der Waals surface area contributed by atoms with E-state index in [2.05, 4.69) is 33.6 Å². The van der Waals surface area contributed by atoms with E-state index in [9.17, 15) is 4.79 Å². The summed E-state index contributed by atoms with van der Waals surface area (Å²) >= 11 is 0. The van der Waals surface area contributed by atoms with E-state index in [-0.39, 0.29) is 5.56 Å². The first-order valence-corrected chi connectivity index (χ1v) is 7.58. The Kier molecular flexibility index (Phi) is 4.03. The molecule has 1 fully saturated rings. The summed E-state index contributed by atoms with van der Waals surface area (Å²) in [6.07, 6.45) is 0. The number of hydrogen-bond donors (Lipinski definition) is 1. The first kappa shape index (κ1) is 14.2. The lowest BCUT2D eigenvalue weighted by atomic mass is 10.2. The van der Waals surface area contributed by atoms with Crippen molar-refractivity contribution in [2.75, 3.05) is 26.2 Å².